The predicted octanol–water partition coefficient (Wildman–Crippen LogP) is 1.93. The number of nitrogens with zero attached hydrogens (tertiary/aromatic N) is 4. The normalized spacial score (nSPS) is 18.5. The van der Waals surface area contributed by atoms with E-state index in [-0.39, 0.29) is 5.91 Å². The van der Waals surface area contributed by atoms with Crippen molar-refractivity contribution in [2.24, 2.45) is 5.92 Å². The van der Waals surface area contributed by atoms with Crippen molar-refractivity contribution in [1.82, 2.24) is 25.0 Å². The number of piperidine rings is 1. The zero-order chi connectivity index (χ0) is 17.1. The molecular weight excluding hydrogens is 314 g/mol. The highest BCUT2D eigenvalue weighted by atomic mass is 16.2. The Hall–Kier alpha value is -2.21. The van der Waals surface area contributed by atoms with Gasteiger partial charge >= 0.3 is 0 Å². The molecular formula is C19H25N5O. The minimum absolute atomic E-state index is 0.136. The Kier molecular flexibility index (Phi) is 4.78. The molecule has 1 N–H and O–H groups in total. The molecule has 2 aromatic rings. The third kappa shape index (κ3) is 4.07. The van der Waals surface area contributed by atoms with Crippen molar-refractivity contribution < 1.29 is 4.79 Å². The summed E-state index contributed by atoms with van der Waals surface area (Å²) in [6, 6.07) is 8.39. The SMILES string of the molecule is O=C(c1ccccc1Cn1cncn1)N1CCC(NCC2CC2)CC1. The lowest BCUT2D eigenvalue weighted by atomic mass is 10.0. The molecule has 0 spiro atoms. The summed E-state index contributed by atoms with van der Waals surface area (Å²) in [6.45, 7) is 3.39. The van der Waals surface area contributed by atoms with Crippen LogP contribution in [0.5, 0.6) is 0 Å². The minimum atomic E-state index is 0.136. The van der Waals surface area contributed by atoms with Gasteiger partial charge in [-0.15, -0.1) is 0 Å². The van der Waals surface area contributed by atoms with E-state index in [9.17, 15) is 4.79 Å². The fourth-order valence-corrected chi connectivity index (χ4v) is 3.47. The minimum Gasteiger partial charge on any atom is -0.339 e. The van der Waals surface area contributed by atoms with E-state index in [2.05, 4.69) is 15.4 Å². The standard InChI is InChI=1S/C19H25N5O/c25-19(23-9-7-17(8-10-23)21-11-15-5-6-15)18-4-2-1-3-16(18)12-24-14-20-13-22-24/h1-4,13-15,17,21H,5-12H2. The number of hydrogen-bond acceptors (Lipinski definition) is 4. The van der Waals surface area contributed by atoms with Crippen LogP contribution in [0.3, 0.4) is 0 Å². The molecule has 0 atom stereocenters. The number of carbonyl (C=O) groups is 1. The van der Waals surface area contributed by atoms with Gasteiger partial charge in [-0.3, -0.25) is 4.79 Å². The molecule has 2 fully saturated rings. The van der Waals surface area contributed by atoms with Crippen LogP contribution < -0.4 is 5.32 Å². The first kappa shape index (κ1) is 16.3. The van der Waals surface area contributed by atoms with Crippen LogP contribution in [0.25, 0.3) is 0 Å². The summed E-state index contributed by atoms with van der Waals surface area (Å²) in [5.41, 5.74) is 1.77. The van der Waals surface area contributed by atoms with Gasteiger partial charge in [-0.05, 0) is 49.8 Å². The highest BCUT2D eigenvalue weighted by Crippen LogP contribution is 2.28. The fourth-order valence-electron chi connectivity index (χ4n) is 3.47. The van der Waals surface area contributed by atoms with Gasteiger partial charge in [-0.2, -0.15) is 5.10 Å². The van der Waals surface area contributed by atoms with Crippen molar-refractivity contribution in [3.05, 3.63) is 48.0 Å². The number of amides is 1. The molecule has 6 heteroatoms. The van der Waals surface area contributed by atoms with Gasteiger partial charge in [-0.1, -0.05) is 18.2 Å². The Labute approximate surface area is 148 Å². The van der Waals surface area contributed by atoms with Crippen LogP contribution >= 0.6 is 0 Å². The van der Waals surface area contributed by atoms with Gasteiger partial charge in [0, 0.05) is 24.7 Å². The van der Waals surface area contributed by atoms with E-state index in [1.54, 1.807) is 11.0 Å². The van der Waals surface area contributed by atoms with Crippen molar-refractivity contribution >= 4 is 5.91 Å². The highest BCUT2D eigenvalue weighted by Gasteiger charge is 2.27. The summed E-state index contributed by atoms with van der Waals surface area (Å²) < 4.78 is 1.75. The molecule has 0 radical (unpaired) electrons. The number of nitrogens with one attached hydrogen (secondary N) is 1. The second-order valence-corrected chi connectivity index (χ2v) is 7.17. The van der Waals surface area contributed by atoms with E-state index >= 15 is 0 Å². The van der Waals surface area contributed by atoms with E-state index < -0.39 is 0 Å². The van der Waals surface area contributed by atoms with E-state index in [0.29, 0.717) is 12.6 Å². The Morgan fingerprint density at radius 3 is 2.68 bits per heavy atom. The summed E-state index contributed by atoms with van der Waals surface area (Å²) in [6.07, 6.45) is 8.05. The molecule has 2 aliphatic rings. The average molecular weight is 339 g/mol. The number of benzene rings is 1. The maximum Gasteiger partial charge on any atom is 0.254 e. The van der Waals surface area contributed by atoms with Crippen LogP contribution in [0.2, 0.25) is 0 Å². The molecule has 4 rings (SSSR count). The molecule has 2 heterocycles. The predicted molar refractivity (Wildman–Crippen MR) is 95.2 cm³/mol. The maximum atomic E-state index is 13.0. The monoisotopic (exact) mass is 339 g/mol. The molecule has 0 unspecified atom stereocenters. The first-order valence-electron chi connectivity index (χ1n) is 9.22. The van der Waals surface area contributed by atoms with Crippen molar-refractivity contribution in [2.45, 2.75) is 38.3 Å². The zero-order valence-corrected chi connectivity index (χ0v) is 14.5. The molecule has 1 aromatic carbocycles. The van der Waals surface area contributed by atoms with Gasteiger partial charge in [0.1, 0.15) is 12.7 Å². The number of likely N-dealkylation sites (tertiary alicyclic amines) is 1. The summed E-state index contributed by atoms with van der Waals surface area (Å²) in [4.78, 5) is 19.0. The van der Waals surface area contributed by atoms with Crippen LogP contribution in [-0.4, -0.2) is 51.2 Å². The quantitative estimate of drug-likeness (QED) is 0.873. The summed E-state index contributed by atoms with van der Waals surface area (Å²) in [7, 11) is 0. The largest absolute Gasteiger partial charge is 0.339 e. The van der Waals surface area contributed by atoms with Gasteiger partial charge in [0.05, 0.1) is 6.54 Å². The first-order valence-corrected chi connectivity index (χ1v) is 9.22. The molecule has 1 aromatic heterocycles. The third-order valence-electron chi connectivity index (χ3n) is 5.22. The summed E-state index contributed by atoms with van der Waals surface area (Å²) in [5, 5.41) is 7.81. The van der Waals surface area contributed by atoms with E-state index in [0.717, 1.165) is 49.5 Å². The second kappa shape index (κ2) is 7.35. The topological polar surface area (TPSA) is 63.1 Å². The van der Waals surface area contributed by atoms with Crippen LogP contribution in [0.15, 0.2) is 36.9 Å². The van der Waals surface area contributed by atoms with Crippen molar-refractivity contribution in [2.75, 3.05) is 19.6 Å². The van der Waals surface area contributed by atoms with Gasteiger partial charge in [0.15, 0.2) is 0 Å². The Balaban J connectivity index is 1.37. The number of aromatic nitrogens is 3. The van der Waals surface area contributed by atoms with Crippen LogP contribution in [-0.2, 0) is 6.54 Å². The molecule has 1 amide bonds. The molecule has 0 bridgehead atoms. The van der Waals surface area contributed by atoms with Gasteiger partial charge in [0.25, 0.3) is 5.91 Å². The Morgan fingerprint density at radius 1 is 1.16 bits per heavy atom. The van der Waals surface area contributed by atoms with Crippen molar-refractivity contribution in [3.8, 4) is 0 Å². The lowest BCUT2D eigenvalue weighted by molar-refractivity contribution is 0.0703. The molecule has 25 heavy (non-hydrogen) atoms. The molecule has 6 nitrogen and oxygen atoms in total. The smallest absolute Gasteiger partial charge is 0.254 e. The average Bonchev–Trinajstić information content (AvgIpc) is 3.35. The fraction of sp³-hybridized carbons (Fsp3) is 0.526. The number of hydrogen-bond donors (Lipinski definition) is 1. The molecule has 132 valence electrons. The second-order valence-electron chi connectivity index (χ2n) is 7.17. The van der Waals surface area contributed by atoms with Crippen LogP contribution in [0, 0.1) is 5.92 Å². The number of rotatable bonds is 6. The van der Waals surface area contributed by atoms with Crippen molar-refractivity contribution in [3.63, 3.8) is 0 Å². The van der Waals surface area contributed by atoms with Crippen molar-refractivity contribution in [1.29, 1.82) is 0 Å². The Morgan fingerprint density at radius 2 is 1.96 bits per heavy atom. The van der Waals surface area contributed by atoms with E-state index in [1.807, 2.05) is 29.2 Å². The summed E-state index contributed by atoms with van der Waals surface area (Å²) in [5.74, 6) is 1.04. The van der Waals surface area contributed by atoms with Crippen LogP contribution in [0.1, 0.15) is 41.6 Å². The zero-order valence-electron chi connectivity index (χ0n) is 14.5. The van der Waals surface area contributed by atoms with Gasteiger partial charge in [0.2, 0.25) is 0 Å². The van der Waals surface area contributed by atoms with E-state index in [1.165, 1.54) is 19.2 Å². The lowest BCUT2D eigenvalue weighted by Gasteiger charge is -2.33. The molecule has 1 saturated heterocycles. The highest BCUT2D eigenvalue weighted by molar-refractivity contribution is 5.95. The lowest BCUT2D eigenvalue weighted by Crippen LogP contribution is -2.45. The summed E-state index contributed by atoms with van der Waals surface area (Å²) >= 11 is 0. The maximum absolute atomic E-state index is 13.0. The molecule has 1 aliphatic heterocycles. The number of carbonyl (C=O) groups excluding carboxylic acids is 1. The van der Waals surface area contributed by atoms with Gasteiger partial charge < -0.3 is 10.2 Å². The van der Waals surface area contributed by atoms with E-state index in [4.69, 9.17) is 0 Å². The first-order chi connectivity index (χ1) is 12.3. The molecule has 1 saturated carbocycles. The Bertz CT molecular complexity index is 702. The molecule has 1 aliphatic carbocycles. The third-order valence-corrected chi connectivity index (χ3v) is 5.22. The van der Waals surface area contributed by atoms with Gasteiger partial charge in [-0.25, -0.2) is 9.67 Å². The van der Waals surface area contributed by atoms with Crippen LogP contribution in [0.4, 0.5) is 0 Å².